The molecule has 0 unspecified atom stereocenters. The zero-order valence-corrected chi connectivity index (χ0v) is 7.31. The first-order valence-electron chi connectivity index (χ1n) is 3.63. The van der Waals surface area contributed by atoms with E-state index < -0.39 is 0 Å². The summed E-state index contributed by atoms with van der Waals surface area (Å²) in [5.74, 6) is 0. The molecule has 2 aromatic heterocycles. The van der Waals surface area contributed by atoms with Crippen molar-refractivity contribution in [3.8, 4) is 0 Å². The van der Waals surface area contributed by atoms with Crippen molar-refractivity contribution in [2.75, 3.05) is 0 Å². The number of halogens is 1. The number of aromatic nitrogens is 2. The zero-order chi connectivity index (χ0) is 9.26. The van der Waals surface area contributed by atoms with E-state index in [0.717, 1.165) is 5.65 Å². The molecule has 5 heteroatoms. The van der Waals surface area contributed by atoms with E-state index in [9.17, 15) is 0 Å². The molecule has 0 aromatic carbocycles. The first-order chi connectivity index (χ1) is 6.31. The van der Waals surface area contributed by atoms with Crippen LogP contribution in [-0.2, 0) is 0 Å². The average molecular weight is 196 g/mol. The van der Waals surface area contributed by atoms with Crippen LogP contribution >= 0.6 is 11.6 Å². The minimum absolute atomic E-state index is 0.0105. The van der Waals surface area contributed by atoms with Crippen molar-refractivity contribution in [1.82, 2.24) is 9.38 Å². The van der Waals surface area contributed by atoms with Gasteiger partial charge in [0.05, 0.1) is 0 Å². The highest BCUT2D eigenvalue weighted by Gasteiger charge is 2.05. The minimum Gasteiger partial charge on any atom is -0.410 e. The fourth-order valence-electron chi connectivity index (χ4n) is 1.09. The summed E-state index contributed by atoms with van der Waals surface area (Å²) in [5, 5.41) is 11.3. The van der Waals surface area contributed by atoms with Crippen LogP contribution in [0.1, 0.15) is 5.69 Å². The Balaban J connectivity index is 2.62. The number of fused-ring (bicyclic) bond motifs is 1. The van der Waals surface area contributed by atoms with Crippen LogP contribution in [0, 0.1) is 0 Å². The fourth-order valence-corrected chi connectivity index (χ4v) is 1.18. The van der Waals surface area contributed by atoms with E-state index in [1.54, 1.807) is 10.6 Å². The van der Waals surface area contributed by atoms with Gasteiger partial charge in [-0.25, -0.2) is 4.98 Å². The summed E-state index contributed by atoms with van der Waals surface area (Å²) in [6, 6.07) is 5.59. The van der Waals surface area contributed by atoms with Crippen molar-refractivity contribution in [1.29, 1.82) is 0 Å². The lowest BCUT2D eigenvalue weighted by Gasteiger charge is -1.86. The summed E-state index contributed by atoms with van der Waals surface area (Å²) >= 11 is 5.59. The van der Waals surface area contributed by atoms with Crippen LogP contribution in [0.2, 0.25) is 0 Å². The molecule has 4 nitrogen and oxygen atoms in total. The summed E-state index contributed by atoms with van der Waals surface area (Å²) in [7, 11) is 0. The molecule has 0 saturated carbocycles. The average Bonchev–Trinajstić information content (AvgIpc) is 2.59. The molecule has 0 fully saturated rings. The first kappa shape index (κ1) is 8.07. The van der Waals surface area contributed by atoms with Gasteiger partial charge in [-0.3, -0.25) is 0 Å². The van der Waals surface area contributed by atoms with E-state index in [-0.39, 0.29) is 5.17 Å². The molecular weight excluding hydrogens is 190 g/mol. The molecule has 0 atom stereocenters. The van der Waals surface area contributed by atoms with Crippen molar-refractivity contribution in [2.45, 2.75) is 0 Å². The van der Waals surface area contributed by atoms with Crippen LogP contribution in [-0.4, -0.2) is 19.8 Å². The van der Waals surface area contributed by atoms with E-state index in [0.29, 0.717) is 5.69 Å². The number of nitrogens with zero attached hydrogens (tertiary/aromatic N) is 3. The molecule has 0 radical (unpaired) electrons. The summed E-state index contributed by atoms with van der Waals surface area (Å²) < 4.78 is 1.79. The van der Waals surface area contributed by atoms with Crippen molar-refractivity contribution in [3.05, 3.63) is 36.3 Å². The molecule has 1 N–H and O–H groups in total. The molecule has 0 saturated heterocycles. The van der Waals surface area contributed by atoms with E-state index in [4.69, 9.17) is 16.8 Å². The number of imidazole rings is 1. The van der Waals surface area contributed by atoms with E-state index >= 15 is 0 Å². The van der Waals surface area contributed by atoms with Gasteiger partial charge in [-0.15, -0.1) is 0 Å². The van der Waals surface area contributed by atoms with Crippen LogP contribution in [0.3, 0.4) is 0 Å². The Bertz CT molecular complexity index is 430. The highest BCUT2D eigenvalue weighted by atomic mass is 35.5. The monoisotopic (exact) mass is 195 g/mol. The van der Waals surface area contributed by atoms with Crippen LogP contribution in [0.25, 0.3) is 5.65 Å². The van der Waals surface area contributed by atoms with Gasteiger partial charge in [0, 0.05) is 12.4 Å². The molecule has 2 aromatic rings. The Morgan fingerprint density at radius 2 is 2.38 bits per heavy atom. The zero-order valence-electron chi connectivity index (χ0n) is 6.55. The maximum atomic E-state index is 8.42. The second-order valence-electron chi connectivity index (χ2n) is 2.48. The fraction of sp³-hybridized carbons (Fsp3) is 0. The molecule has 0 aliphatic carbocycles. The Labute approximate surface area is 79.1 Å². The quantitative estimate of drug-likeness (QED) is 0.428. The largest absolute Gasteiger partial charge is 0.410 e. The van der Waals surface area contributed by atoms with Gasteiger partial charge < -0.3 is 9.61 Å². The smallest absolute Gasteiger partial charge is 0.195 e. The number of oxime groups is 1. The third kappa shape index (κ3) is 1.36. The van der Waals surface area contributed by atoms with Gasteiger partial charge in [-0.05, 0) is 12.1 Å². The van der Waals surface area contributed by atoms with Gasteiger partial charge in [-0.2, -0.15) is 0 Å². The summed E-state index contributed by atoms with van der Waals surface area (Å²) in [4.78, 5) is 4.12. The Morgan fingerprint density at radius 3 is 3.08 bits per heavy atom. The molecular formula is C8H6ClN3O. The van der Waals surface area contributed by atoms with Crippen molar-refractivity contribution in [2.24, 2.45) is 5.16 Å². The lowest BCUT2D eigenvalue weighted by molar-refractivity contribution is 0.320. The Morgan fingerprint density at radius 1 is 1.54 bits per heavy atom. The van der Waals surface area contributed by atoms with Gasteiger partial charge in [0.25, 0.3) is 0 Å². The summed E-state index contributed by atoms with van der Waals surface area (Å²) in [6.07, 6.45) is 3.53. The highest BCUT2D eigenvalue weighted by Crippen LogP contribution is 2.07. The van der Waals surface area contributed by atoms with Crippen LogP contribution in [0.4, 0.5) is 0 Å². The third-order valence-electron chi connectivity index (χ3n) is 1.66. The number of hydrogen-bond donors (Lipinski definition) is 1. The molecule has 66 valence electrons. The SMILES string of the molecule is O/N=C(/Cl)c1cn2ccccc2n1. The maximum absolute atomic E-state index is 8.42. The molecule has 2 heterocycles. The first-order valence-corrected chi connectivity index (χ1v) is 4.01. The summed E-state index contributed by atoms with van der Waals surface area (Å²) in [6.45, 7) is 0. The van der Waals surface area contributed by atoms with Gasteiger partial charge in [-0.1, -0.05) is 22.8 Å². The molecule has 0 aliphatic heterocycles. The van der Waals surface area contributed by atoms with E-state index in [1.165, 1.54) is 0 Å². The van der Waals surface area contributed by atoms with Gasteiger partial charge in [0.1, 0.15) is 11.3 Å². The van der Waals surface area contributed by atoms with Crippen LogP contribution < -0.4 is 0 Å². The molecule has 0 bridgehead atoms. The van der Waals surface area contributed by atoms with Gasteiger partial charge >= 0.3 is 0 Å². The Kier molecular flexibility index (Phi) is 1.90. The number of rotatable bonds is 1. The van der Waals surface area contributed by atoms with Crippen LogP contribution in [0.5, 0.6) is 0 Å². The molecule has 2 rings (SSSR count). The predicted octanol–water partition coefficient (Wildman–Crippen LogP) is 1.71. The third-order valence-corrected chi connectivity index (χ3v) is 1.93. The van der Waals surface area contributed by atoms with Crippen LogP contribution in [0.15, 0.2) is 35.7 Å². The van der Waals surface area contributed by atoms with E-state index in [1.807, 2.05) is 24.4 Å². The van der Waals surface area contributed by atoms with Crippen molar-refractivity contribution < 1.29 is 5.21 Å². The Hall–Kier alpha value is -1.55. The normalized spacial score (nSPS) is 12.2. The second-order valence-corrected chi connectivity index (χ2v) is 2.84. The predicted molar refractivity (Wildman–Crippen MR) is 49.4 cm³/mol. The standard InChI is InChI=1S/C8H6ClN3O/c9-8(11-13)6-5-12-4-2-1-3-7(12)10-6/h1-5,13H/b11-8+. The molecule has 0 aliphatic rings. The lowest BCUT2D eigenvalue weighted by atomic mass is 10.5. The molecule has 0 amide bonds. The van der Waals surface area contributed by atoms with Gasteiger partial charge in [0.2, 0.25) is 0 Å². The number of hydrogen-bond acceptors (Lipinski definition) is 3. The van der Waals surface area contributed by atoms with Crippen molar-refractivity contribution in [3.63, 3.8) is 0 Å². The topological polar surface area (TPSA) is 49.9 Å². The summed E-state index contributed by atoms with van der Waals surface area (Å²) in [5.41, 5.74) is 1.22. The highest BCUT2D eigenvalue weighted by molar-refractivity contribution is 6.69. The molecule has 0 spiro atoms. The minimum atomic E-state index is -0.0105. The van der Waals surface area contributed by atoms with E-state index in [2.05, 4.69) is 10.1 Å². The van der Waals surface area contributed by atoms with Gasteiger partial charge in [0.15, 0.2) is 5.17 Å². The number of pyridine rings is 1. The maximum Gasteiger partial charge on any atom is 0.195 e. The molecule has 13 heavy (non-hydrogen) atoms. The second kappa shape index (κ2) is 3.06. The van der Waals surface area contributed by atoms with Crippen molar-refractivity contribution >= 4 is 22.4 Å². The lowest BCUT2D eigenvalue weighted by Crippen LogP contribution is -1.89.